The second kappa shape index (κ2) is 8.62. The lowest BCUT2D eigenvalue weighted by Crippen LogP contribution is -2.58. The van der Waals surface area contributed by atoms with E-state index < -0.39 is 35.7 Å². The molecule has 5 heterocycles. The van der Waals surface area contributed by atoms with Crippen LogP contribution in [0.4, 0.5) is 0 Å². The number of ether oxygens (including phenoxy) is 5. The Kier molecular flexibility index (Phi) is 5.58. The number of para-hydroxylation sites is 1. The fourth-order valence-corrected chi connectivity index (χ4v) is 7.02. The molecular formula is C31H36N2O6. The Morgan fingerprint density at radius 2 is 1.69 bits per heavy atom. The third-order valence-corrected chi connectivity index (χ3v) is 8.58. The summed E-state index contributed by atoms with van der Waals surface area (Å²) in [5, 5.41) is 1.24. The topological polar surface area (TPSA) is 71.4 Å². The predicted octanol–water partition coefficient (Wildman–Crippen LogP) is 4.24. The highest BCUT2D eigenvalue weighted by atomic mass is 16.9. The molecular weight excluding hydrogens is 496 g/mol. The van der Waals surface area contributed by atoms with Crippen molar-refractivity contribution in [1.29, 1.82) is 0 Å². The van der Waals surface area contributed by atoms with Gasteiger partial charge in [0.15, 0.2) is 17.7 Å². The smallest absolute Gasteiger partial charge is 0.286 e. The lowest BCUT2D eigenvalue weighted by molar-refractivity contribution is -0.325. The molecule has 0 saturated carbocycles. The number of fused-ring (bicyclic) bond motifs is 6. The Morgan fingerprint density at radius 3 is 2.49 bits per heavy atom. The van der Waals surface area contributed by atoms with Gasteiger partial charge in [-0.25, -0.2) is 0 Å². The van der Waals surface area contributed by atoms with Crippen LogP contribution in [0, 0.1) is 0 Å². The van der Waals surface area contributed by atoms with E-state index in [1.54, 1.807) is 0 Å². The molecule has 5 atom stereocenters. The molecule has 1 amide bonds. The molecule has 39 heavy (non-hydrogen) atoms. The van der Waals surface area contributed by atoms with Crippen molar-refractivity contribution in [2.24, 2.45) is 7.05 Å². The second-order valence-corrected chi connectivity index (χ2v) is 12.1. The summed E-state index contributed by atoms with van der Waals surface area (Å²) in [4.78, 5) is 16.8. The fraction of sp³-hybridized carbons (Fsp3) is 0.516. The molecule has 0 unspecified atom stereocenters. The van der Waals surface area contributed by atoms with Crippen LogP contribution in [0.15, 0.2) is 54.6 Å². The molecule has 4 aliphatic rings. The Hall–Kier alpha value is -2.75. The highest BCUT2D eigenvalue weighted by molar-refractivity contribution is 5.89. The van der Waals surface area contributed by atoms with E-state index >= 15 is 0 Å². The van der Waals surface area contributed by atoms with Gasteiger partial charge in [-0.3, -0.25) is 4.79 Å². The maximum Gasteiger partial charge on any atom is 0.286 e. The van der Waals surface area contributed by atoms with Crippen LogP contribution >= 0.6 is 0 Å². The van der Waals surface area contributed by atoms with Crippen molar-refractivity contribution in [3.05, 3.63) is 71.4 Å². The molecule has 0 aliphatic carbocycles. The van der Waals surface area contributed by atoms with Crippen molar-refractivity contribution in [1.82, 2.24) is 9.47 Å². The fourth-order valence-electron chi connectivity index (χ4n) is 7.02. The van der Waals surface area contributed by atoms with Crippen molar-refractivity contribution in [3.63, 3.8) is 0 Å². The van der Waals surface area contributed by atoms with E-state index in [9.17, 15) is 4.79 Å². The van der Waals surface area contributed by atoms with Crippen molar-refractivity contribution >= 4 is 16.8 Å². The third kappa shape index (κ3) is 3.88. The minimum atomic E-state index is -1.61. The highest BCUT2D eigenvalue weighted by Gasteiger charge is 2.72. The lowest BCUT2D eigenvalue weighted by Gasteiger charge is -2.41. The molecule has 7 rings (SSSR count). The number of carbonyl (C=O) groups is 1. The monoisotopic (exact) mass is 532 g/mol. The molecule has 1 aromatic heterocycles. The number of aryl methyl sites for hydroxylation is 1. The maximum absolute atomic E-state index is 14.8. The quantitative estimate of drug-likeness (QED) is 0.503. The number of hydrogen-bond acceptors (Lipinski definition) is 6. The number of rotatable bonds is 3. The van der Waals surface area contributed by atoms with Gasteiger partial charge in [0.2, 0.25) is 0 Å². The van der Waals surface area contributed by atoms with E-state index in [4.69, 9.17) is 23.7 Å². The van der Waals surface area contributed by atoms with Gasteiger partial charge in [-0.1, -0.05) is 48.5 Å². The summed E-state index contributed by atoms with van der Waals surface area (Å²) in [5.74, 6) is -3.64. The van der Waals surface area contributed by atoms with E-state index in [2.05, 4.69) is 48.0 Å². The van der Waals surface area contributed by atoms with Crippen molar-refractivity contribution < 1.29 is 28.5 Å². The molecule has 8 heteroatoms. The van der Waals surface area contributed by atoms with Crippen molar-refractivity contribution in [2.75, 3.05) is 13.2 Å². The number of benzene rings is 2. The first-order valence-corrected chi connectivity index (χ1v) is 13.9. The van der Waals surface area contributed by atoms with Crippen LogP contribution < -0.4 is 0 Å². The summed E-state index contributed by atoms with van der Waals surface area (Å²) in [6, 6.07) is 18.6. The summed E-state index contributed by atoms with van der Waals surface area (Å²) in [6.07, 6.45) is -0.231. The van der Waals surface area contributed by atoms with Crippen LogP contribution in [-0.4, -0.2) is 64.2 Å². The minimum Gasteiger partial charge on any atom is -0.348 e. The van der Waals surface area contributed by atoms with E-state index in [1.807, 2.05) is 50.8 Å². The zero-order valence-corrected chi connectivity index (χ0v) is 23.2. The molecule has 0 bridgehead atoms. The number of amides is 1. The average molecular weight is 533 g/mol. The van der Waals surface area contributed by atoms with Gasteiger partial charge in [-0.2, -0.15) is 0 Å². The standard InChI is InChI=1S/C31H36N2O6/c1-29(2)35-18-24-26(37-29)27-31(36-24,39-30(3,4)38-27)28(34)33-16-15-21-20-13-9-10-14-22(20)32(5)25(21)23(33)17-19-11-7-6-8-12-19/h6-14,23-24,26-27H,15-18H2,1-5H3/t23-,24+,26-,27+,31-/m1/s1. The molecule has 0 N–H and O–H groups in total. The van der Waals surface area contributed by atoms with Crippen molar-refractivity contribution in [3.8, 4) is 0 Å². The van der Waals surface area contributed by atoms with Gasteiger partial charge in [0, 0.05) is 30.2 Å². The summed E-state index contributed by atoms with van der Waals surface area (Å²) < 4.78 is 33.7. The molecule has 4 aliphatic heterocycles. The van der Waals surface area contributed by atoms with Crippen molar-refractivity contribution in [2.45, 2.75) is 82.3 Å². The predicted molar refractivity (Wildman–Crippen MR) is 144 cm³/mol. The van der Waals surface area contributed by atoms with Crippen LogP contribution in [0.25, 0.3) is 10.9 Å². The summed E-state index contributed by atoms with van der Waals surface area (Å²) in [6.45, 7) is 8.24. The van der Waals surface area contributed by atoms with Crippen LogP contribution in [-0.2, 0) is 48.4 Å². The SMILES string of the molecule is Cn1c2c(c3ccccc31)CCN(C(=O)[C@@]13O[C@H]4COC(C)(C)O[C@H]4[C@@H]1OC(C)(C)O3)[C@@H]2Cc1ccccc1. The second-order valence-electron chi connectivity index (χ2n) is 12.1. The summed E-state index contributed by atoms with van der Waals surface area (Å²) in [7, 11) is 2.10. The zero-order chi connectivity index (χ0) is 27.2. The minimum absolute atomic E-state index is 0.205. The van der Waals surface area contributed by atoms with E-state index in [0.717, 1.165) is 17.7 Å². The van der Waals surface area contributed by atoms with Gasteiger partial charge in [0.1, 0.15) is 12.2 Å². The average Bonchev–Trinajstić information content (AvgIpc) is 3.47. The first-order chi connectivity index (χ1) is 18.6. The summed E-state index contributed by atoms with van der Waals surface area (Å²) in [5.41, 5.74) is 4.79. The maximum atomic E-state index is 14.8. The molecule has 3 fully saturated rings. The normalized spacial score (nSPS) is 32.6. The molecule has 206 valence electrons. The largest absolute Gasteiger partial charge is 0.348 e. The molecule has 3 aromatic rings. The van der Waals surface area contributed by atoms with Gasteiger partial charge in [0.25, 0.3) is 11.7 Å². The van der Waals surface area contributed by atoms with Gasteiger partial charge in [-0.05, 0) is 57.7 Å². The van der Waals surface area contributed by atoms with Crippen LogP contribution in [0.1, 0.15) is 50.6 Å². The molecule has 0 radical (unpaired) electrons. The van der Waals surface area contributed by atoms with Crippen LogP contribution in [0.3, 0.4) is 0 Å². The van der Waals surface area contributed by atoms with Crippen LogP contribution in [0.5, 0.6) is 0 Å². The zero-order valence-electron chi connectivity index (χ0n) is 23.2. The number of carbonyl (C=O) groups excluding carboxylic acids is 1. The Balaban J connectivity index is 1.32. The Morgan fingerprint density at radius 1 is 0.949 bits per heavy atom. The lowest BCUT2D eigenvalue weighted by atomic mass is 9.91. The molecule has 0 spiro atoms. The third-order valence-electron chi connectivity index (χ3n) is 8.58. The number of aromatic nitrogens is 1. The molecule has 3 saturated heterocycles. The van der Waals surface area contributed by atoms with Gasteiger partial charge < -0.3 is 33.2 Å². The summed E-state index contributed by atoms with van der Waals surface area (Å²) >= 11 is 0. The first kappa shape index (κ1) is 25.2. The van der Waals surface area contributed by atoms with Gasteiger partial charge in [-0.15, -0.1) is 0 Å². The van der Waals surface area contributed by atoms with E-state index in [-0.39, 0.29) is 11.9 Å². The number of nitrogens with zero attached hydrogens (tertiary/aromatic N) is 2. The van der Waals surface area contributed by atoms with E-state index in [1.165, 1.54) is 16.5 Å². The number of hydrogen-bond donors (Lipinski definition) is 0. The van der Waals surface area contributed by atoms with E-state index in [0.29, 0.717) is 19.6 Å². The Labute approximate surface area is 228 Å². The molecule has 8 nitrogen and oxygen atoms in total. The molecule has 2 aromatic carbocycles. The van der Waals surface area contributed by atoms with Gasteiger partial charge >= 0.3 is 0 Å². The Bertz CT molecular complexity index is 1430. The highest BCUT2D eigenvalue weighted by Crippen LogP contribution is 2.51. The van der Waals surface area contributed by atoms with Crippen LogP contribution in [0.2, 0.25) is 0 Å². The van der Waals surface area contributed by atoms with Gasteiger partial charge in [0.05, 0.1) is 12.6 Å². The first-order valence-electron chi connectivity index (χ1n) is 13.9.